The van der Waals surface area contributed by atoms with E-state index in [0.717, 1.165) is 11.4 Å². The summed E-state index contributed by atoms with van der Waals surface area (Å²) < 4.78 is 10.3. The highest BCUT2D eigenvalue weighted by atomic mass is 16.5. The predicted octanol–water partition coefficient (Wildman–Crippen LogP) is 1.26. The van der Waals surface area contributed by atoms with Crippen molar-refractivity contribution in [3.8, 4) is 5.75 Å². The fourth-order valence-corrected chi connectivity index (χ4v) is 1.34. The quantitative estimate of drug-likeness (QED) is 0.684. The lowest BCUT2D eigenvalue weighted by atomic mass is 10.3. The highest BCUT2D eigenvalue weighted by Crippen LogP contribution is 2.15. The molecule has 1 amide bonds. The molecule has 0 aliphatic rings. The van der Waals surface area contributed by atoms with Gasteiger partial charge in [-0.3, -0.25) is 4.79 Å². The Kier molecular flexibility index (Phi) is 6.83. The van der Waals surface area contributed by atoms with Crippen LogP contribution in [-0.4, -0.2) is 39.8 Å². The van der Waals surface area contributed by atoms with Crippen LogP contribution in [0.15, 0.2) is 24.3 Å². The van der Waals surface area contributed by atoms with E-state index in [1.54, 1.807) is 7.11 Å². The highest BCUT2D eigenvalue weighted by molar-refractivity contribution is 5.90. The Hall–Kier alpha value is -1.59. The van der Waals surface area contributed by atoms with Gasteiger partial charge in [-0.2, -0.15) is 0 Å². The summed E-state index contributed by atoms with van der Waals surface area (Å²) >= 11 is 0. The van der Waals surface area contributed by atoms with Gasteiger partial charge in [-0.05, 0) is 31.3 Å². The Labute approximate surface area is 107 Å². The van der Waals surface area contributed by atoms with Crippen molar-refractivity contribution < 1.29 is 14.3 Å². The van der Waals surface area contributed by atoms with Gasteiger partial charge in [0.15, 0.2) is 0 Å². The number of anilines is 1. The SMILES string of the molecule is CNCCC(=O)Nc1ccc(OCCOC)cc1. The monoisotopic (exact) mass is 252 g/mol. The maximum absolute atomic E-state index is 11.5. The lowest BCUT2D eigenvalue weighted by molar-refractivity contribution is -0.116. The number of benzene rings is 1. The summed E-state index contributed by atoms with van der Waals surface area (Å²) in [6, 6.07) is 7.28. The van der Waals surface area contributed by atoms with Gasteiger partial charge in [0.25, 0.3) is 0 Å². The van der Waals surface area contributed by atoms with Gasteiger partial charge in [0, 0.05) is 25.8 Å². The average Bonchev–Trinajstić information content (AvgIpc) is 2.39. The van der Waals surface area contributed by atoms with Gasteiger partial charge in [-0.25, -0.2) is 0 Å². The molecule has 0 saturated heterocycles. The number of nitrogens with one attached hydrogen (secondary N) is 2. The number of ether oxygens (including phenoxy) is 2. The van der Waals surface area contributed by atoms with E-state index < -0.39 is 0 Å². The first-order valence-corrected chi connectivity index (χ1v) is 5.92. The third-order valence-corrected chi connectivity index (χ3v) is 2.30. The zero-order chi connectivity index (χ0) is 13.2. The highest BCUT2D eigenvalue weighted by Gasteiger charge is 2.01. The van der Waals surface area contributed by atoms with Gasteiger partial charge in [0.2, 0.25) is 5.91 Å². The first-order valence-electron chi connectivity index (χ1n) is 5.92. The van der Waals surface area contributed by atoms with Gasteiger partial charge >= 0.3 is 0 Å². The molecule has 1 aromatic rings. The van der Waals surface area contributed by atoms with E-state index in [2.05, 4.69) is 10.6 Å². The number of methoxy groups -OCH3 is 1. The Bertz CT molecular complexity index is 352. The molecule has 0 bridgehead atoms. The molecule has 1 rings (SSSR count). The molecule has 0 aliphatic heterocycles. The maximum Gasteiger partial charge on any atom is 0.225 e. The first kappa shape index (κ1) is 14.5. The largest absolute Gasteiger partial charge is 0.491 e. The van der Waals surface area contributed by atoms with Crippen LogP contribution in [0.4, 0.5) is 5.69 Å². The molecule has 0 atom stereocenters. The summed E-state index contributed by atoms with van der Waals surface area (Å²) in [6.07, 6.45) is 0.461. The number of carbonyl (C=O) groups excluding carboxylic acids is 1. The summed E-state index contributed by atoms with van der Waals surface area (Å²) in [5.41, 5.74) is 0.773. The van der Waals surface area contributed by atoms with Crippen molar-refractivity contribution in [3.05, 3.63) is 24.3 Å². The van der Waals surface area contributed by atoms with Crippen LogP contribution in [0.2, 0.25) is 0 Å². The number of rotatable bonds is 8. The molecule has 1 aromatic carbocycles. The molecule has 2 N–H and O–H groups in total. The van der Waals surface area contributed by atoms with Crippen molar-refractivity contribution in [1.29, 1.82) is 0 Å². The Morgan fingerprint density at radius 2 is 1.94 bits per heavy atom. The molecule has 0 aromatic heterocycles. The second-order valence-corrected chi connectivity index (χ2v) is 3.77. The average molecular weight is 252 g/mol. The van der Waals surface area contributed by atoms with Crippen LogP contribution in [0.5, 0.6) is 5.75 Å². The van der Waals surface area contributed by atoms with Crippen LogP contribution in [0.1, 0.15) is 6.42 Å². The van der Waals surface area contributed by atoms with Gasteiger partial charge in [0.05, 0.1) is 6.61 Å². The van der Waals surface area contributed by atoms with E-state index in [4.69, 9.17) is 9.47 Å². The van der Waals surface area contributed by atoms with Crippen LogP contribution in [0, 0.1) is 0 Å². The summed E-state index contributed by atoms with van der Waals surface area (Å²) in [5, 5.41) is 5.74. The molecule has 0 aliphatic carbocycles. The molecule has 0 radical (unpaired) electrons. The van der Waals surface area contributed by atoms with E-state index in [-0.39, 0.29) is 5.91 Å². The second-order valence-electron chi connectivity index (χ2n) is 3.77. The standard InChI is InChI=1S/C13H20N2O3/c1-14-8-7-13(16)15-11-3-5-12(6-4-11)18-10-9-17-2/h3-6,14H,7-10H2,1-2H3,(H,15,16). The molecule has 18 heavy (non-hydrogen) atoms. The second kappa shape index (κ2) is 8.49. The van der Waals surface area contributed by atoms with Gasteiger partial charge in [0.1, 0.15) is 12.4 Å². The molecule has 0 spiro atoms. The number of hydrogen-bond acceptors (Lipinski definition) is 4. The minimum absolute atomic E-state index is 0.00241. The predicted molar refractivity (Wildman–Crippen MR) is 71.0 cm³/mol. The molecule has 0 heterocycles. The van der Waals surface area contributed by atoms with Crippen molar-refractivity contribution >= 4 is 11.6 Å². The van der Waals surface area contributed by atoms with E-state index in [1.165, 1.54) is 0 Å². The smallest absolute Gasteiger partial charge is 0.225 e. The fourth-order valence-electron chi connectivity index (χ4n) is 1.34. The third kappa shape index (κ3) is 5.65. The Morgan fingerprint density at radius 1 is 1.22 bits per heavy atom. The van der Waals surface area contributed by atoms with E-state index in [9.17, 15) is 4.79 Å². The van der Waals surface area contributed by atoms with Crippen LogP contribution in [0.25, 0.3) is 0 Å². The summed E-state index contributed by atoms with van der Waals surface area (Å²) in [7, 11) is 3.45. The lowest BCUT2D eigenvalue weighted by Gasteiger charge is -2.08. The Morgan fingerprint density at radius 3 is 2.56 bits per heavy atom. The van der Waals surface area contributed by atoms with Crippen LogP contribution >= 0.6 is 0 Å². The van der Waals surface area contributed by atoms with Crippen LogP contribution in [0.3, 0.4) is 0 Å². The van der Waals surface area contributed by atoms with E-state index >= 15 is 0 Å². The summed E-state index contributed by atoms with van der Waals surface area (Å²) in [6.45, 7) is 1.75. The number of hydrogen-bond donors (Lipinski definition) is 2. The number of amides is 1. The molecular weight excluding hydrogens is 232 g/mol. The molecule has 0 fully saturated rings. The Balaban J connectivity index is 2.37. The van der Waals surface area contributed by atoms with Crippen molar-refractivity contribution in [1.82, 2.24) is 5.32 Å². The molecule has 5 heteroatoms. The van der Waals surface area contributed by atoms with E-state index in [0.29, 0.717) is 26.2 Å². The molecule has 100 valence electrons. The molecule has 0 unspecified atom stereocenters. The zero-order valence-corrected chi connectivity index (χ0v) is 10.9. The van der Waals surface area contributed by atoms with Gasteiger partial charge < -0.3 is 20.1 Å². The van der Waals surface area contributed by atoms with Crippen molar-refractivity contribution in [2.45, 2.75) is 6.42 Å². The van der Waals surface area contributed by atoms with Crippen LogP contribution in [-0.2, 0) is 9.53 Å². The van der Waals surface area contributed by atoms with Crippen molar-refractivity contribution in [2.75, 3.05) is 39.2 Å². The lowest BCUT2D eigenvalue weighted by Crippen LogP contribution is -2.18. The number of carbonyl (C=O) groups is 1. The normalized spacial score (nSPS) is 10.1. The van der Waals surface area contributed by atoms with Gasteiger partial charge in [-0.15, -0.1) is 0 Å². The molecule has 0 saturated carbocycles. The van der Waals surface area contributed by atoms with Crippen LogP contribution < -0.4 is 15.4 Å². The third-order valence-electron chi connectivity index (χ3n) is 2.30. The minimum Gasteiger partial charge on any atom is -0.491 e. The summed E-state index contributed by atoms with van der Waals surface area (Å²) in [5.74, 6) is 0.762. The summed E-state index contributed by atoms with van der Waals surface area (Å²) in [4.78, 5) is 11.5. The van der Waals surface area contributed by atoms with Crippen molar-refractivity contribution in [2.24, 2.45) is 0 Å². The first-order chi connectivity index (χ1) is 8.76. The van der Waals surface area contributed by atoms with Crippen molar-refractivity contribution in [3.63, 3.8) is 0 Å². The molecular formula is C13H20N2O3. The fraction of sp³-hybridized carbons (Fsp3) is 0.462. The molecule has 5 nitrogen and oxygen atoms in total. The van der Waals surface area contributed by atoms with E-state index in [1.807, 2.05) is 31.3 Å². The topological polar surface area (TPSA) is 59.6 Å². The van der Waals surface area contributed by atoms with Gasteiger partial charge in [-0.1, -0.05) is 0 Å². The minimum atomic E-state index is -0.00241. The zero-order valence-electron chi connectivity index (χ0n) is 10.9. The maximum atomic E-state index is 11.5.